The number of methoxy groups -OCH3 is 1. The molecule has 6 nitrogen and oxygen atoms in total. The predicted molar refractivity (Wildman–Crippen MR) is 128 cm³/mol. The van der Waals surface area contributed by atoms with Gasteiger partial charge in [-0.25, -0.2) is 0 Å². The lowest BCUT2D eigenvalue weighted by molar-refractivity contribution is -0.138. The highest BCUT2D eigenvalue weighted by atomic mass is 35.5. The second-order valence-corrected chi connectivity index (χ2v) is 10.1. The Labute approximate surface area is 199 Å². The van der Waals surface area contributed by atoms with Crippen LogP contribution in [-0.4, -0.2) is 54.9 Å². The van der Waals surface area contributed by atoms with Crippen LogP contribution in [0.5, 0.6) is 5.75 Å². The summed E-state index contributed by atoms with van der Waals surface area (Å²) in [6.07, 6.45) is 3.42. The van der Waals surface area contributed by atoms with Crippen molar-refractivity contribution in [3.8, 4) is 5.75 Å². The molecule has 2 aliphatic heterocycles. The monoisotopic (exact) mass is 467 g/mol. The van der Waals surface area contributed by atoms with E-state index >= 15 is 0 Å². The van der Waals surface area contributed by atoms with E-state index in [0.717, 1.165) is 45.3 Å². The van der Waals surface area contributed by atoms with Crippen LogP contribution in [-0.2, 0) is 22.6 Å². The van der Waals surface area contributed by atoms with Crippen molar-refractivity contribution in [2.45, 2.75) is 38.3 Å². The third-order valence-electron chi connectivity index (χ3n) is 7.76. The third-order valence-corrected chi connectivity index (χ3v) is 8.06. The summed E-state index contributed by atoms with van der Waals surface area (Å²) in [6.45, 7) is 2.26. The number of nitrogens with one attached hydrogen (secondary N) is 1. The fraction of sp³-hybridized carbons (Fsp3) is 0.462. The highest BCUT2D eigenvalue weighted by Gasteiger charge is 2.59. The van der Waals surface area contributed by atoms with Crippen LogP contribution in [0.1, 0.15) is 30.4 Å². The molecule has 1 spiro atoms. The zero-order valence-electron chi connectivity index (χ0n) is 19.1. The Morgan fingerprint density at radius 1 is 1.12 bits per heavy atom. The molecular formula is C26H30ClN3O3. The first kappa shape index (κ1) is 22.2. The number of halogens is 1. The Morgan fingerprint density at radius 2 is 1.85 bits per heavy atom. The van der Waals surface area contributed by atoms with Crippen LogP contribution in [0.2, 0.25) is 5.02 Å². The van der Waals surface area contributed by atoms with Gasteiger partial charge in [-0.2, -0.15) is 0 Å². The first-order chi connectivity index (χ1) is 15.9. The summed E-state index contributed by atoms with van der Waals surface area (Å²) < 4.78 is 5.17. The molecule has 0 unspecified atom stereocenters. The molecule has 2 aromatic carbocycles. The van der Waals surface area contributed by atoms with Gasteiger partial charge in [0.1, 0.15) is 5.75 Å². The van der Waals surface area contributed by atoms with Gasteiger partial charge in [-0.05, 0) is 67.5 Å². The van der Waals surface area contributed by atoms with Crippen LogP contribution in [0.3, 0.4) is 0 Å². The molecule has 5 rings (SSSR count). The SMILES string of the molecule is COc1ccc(NC(=O)[C@@H]2CC23CCN(C(=O)[C@@H]2Cc4ccccc4CN2C)CC3)cc1Cl. The summed E-state index contributed by atoms with van der Waals surface area (Å²) in [5.74, 6) is 0.845. The van der Waals surface area contributed by atoms with Gasteiger partial charge in [-0.3, -0.25) is 14.5 Å². The Hall–Kier alpha value is -2.57. The van der Waals surface area contributed by atoms with Gasteiger partial charge in [0, 0.05) is 31.2 Å². The maximum absolute atomic E-state index is 13.3. The van der Waals surface area contributed by atoms with Crippen molar-refractivity contribution in [1.29, 1.82) is 0 Å². The molecule has 1 saturated carbocycles. The maximum Gasteiger partial charge on any atom is 0.240 e. The molecular weight excluding hydrogens is 438 g/mol. The number of ether oxygens (including phenoxy) is 1. The van der Waals surface area contributed by atoms with Crippen LogP contribution >= 0.6 is 11.6 Å². The van der Waals surface area contributed by atoms with Gasteiger partial charge < -0.3 is 15.0 Å². The molecule has 2 aromatic rings. The van der Waals surface area contributed by atoms with E-state index in [1.54, 1.807) is 25.3 Å². The number of rotatable bonds is 4. The minimum atomic E-state index is -0.105. The molecule has 2 amide bonds. The van der Waals surface area contributed by atoms with E-state index in [9.17, 15) is 9.59 Å². The van der Waals surface area contributed by atoms with Crippen molar-refractivity contribution in [1.82, 2.24) is 9.80 Å². The number of likely N-dealkylation sites (tertiary alicyclic amines) is 1. The molecule has 0 aromatic heterocycles. The van der Waals surface area contributed by atoms with Gasteiger partial charge in [0.2, 0.25) is 11.8 Å². The molecule has 174 valence electrons. The Balaban J connectivity index is 1.17. The molecule has 0 radical (unpaired) electrons. The van der Waals surface area contributed by atoms with E-state index in [4.69, 9.17) is 16.3 Å². The summed E-state index contributed by atoms with van der Waals surface area (Å²) in [5, 5.41) is 3.48. The average Bonchev–Trinajstić information content (AvgIpc) is 3.52. The minimum absolute atomic E-state index is 0.000129. The van der Waals surface area contributed by atoms with Crippen molar-refractivity contribution in [2.75, 3.05) is 32.6 Å². The van der Waals surface area contributed by atoms with Crippen molar-refractivity contribution >= 4 is 29.1 Å². The van der Waals surface area contributed by atoms with E-state index in [-0.39, 0.29) is 29.2 Å². The number of carbonyl (C=O) groups excluding carboxylic acids is 2. The second-order valence-electron chi connectivity index (χ2n) is 9.69. The van der Waals surface area contributed by atoms with E-state index in [1.165, 1.54) is 11.1 Å². The zero-order chi connectivity index (χ0) is 23.2. The predicted octanol–water partition coefficient (Wildman–Crippen LogP) is 3.97. The lowest BCUT2D eigenvalue weighted by Gasteiger charge is -2.39. The van der Waals surface area contributed by atoms with Crippen LogP contribution in [0, 0.1) is 11.3 Å². The number of carbonyl (C=O) groups is 2. The normalized spacial score (nSPS) is 23.7. The zero-order valence-corrected chi connectivity index (χ0v) is 19.9. The lowest BCUT2D eigenvalue weighted by Crippen LogP contribution is -2.52. The molecule has 1 N–H and O–H groups in total. The van der Waals surface area contributed by atoms with Crippen molar-refractivity contribution in [3.05, 3.63) is 58.6 Å². The molecule has 7 heteroatoms. The number of hydrogen-bond acceptors (Lipinski definition) is 4. The summed E-state index contributed by atoms with van der Waals surface area (Å²) in [7, 11) is 3.60. The number of nitrogens with zero attached hydrogens (tertiary/aromatic N) is 2. The summed E-state index contributed by atoms with van der Waals surface area (Å²) in [6, 6.07) is 13.6. The van der Waals surface area contributed by atoms with Gasteiger partial charge in [-0.1, -0.05) is 35.9 Å². The highest BCUT2D eigenvalue weighted by molar-refractivity contribution is 6.32. The molecule has 33 heavy (non-hydrogen) atoms. The van der Waals surface area contributed by atoms with Crippen molar-refractivity contribution in [2.24, 2.45) is 11.3 Å². The topological polar surface area (TPSA) is 61.9 Å². The van der Waals surface area contributed by atoms with Gasteiger partial charge in [0.15, 0.2) is 0 Å². The van der Waals surface area contributed by atoms with E-state index in [1.807, 2.05) is 11.9 Å². The van der Waals surface area contributed by atoms with Gasteiger partial charge in [0.05, 0.1) is 18.2 Å². The van der Waals surface area contributed by atoms with Crippen molar-refractivity contribution < 1.29 is 14.3 Å². The number of amides is 2. The smallest absolute Gasteiger partial charge is 0.240 e. The molecule has 1 aliphatic carbocycles. The molecule has 2 fully saturated rings. The minimum Gasteiger partial charge on any atom is -0.495 e. The molecule has 3 aliphatic rings. The summed E-state index contributed by atoms with van der Waals surface area (Å²) in [5.41, 5.74) is 3.30. The summed E-state index contributed by atoms with van der Waals surface area (Å²) in [4.78, 5) is 30.4. The number of anilines is 1. The first-order valence-electron chi connectivity index (χ1n) is 11.6. The molecule has 1 saturated heterocycles. The first-order valence-corrected chi connectivity index (χ1v) is 12.0. The van der Waals surface area contributed by atoms with Crippen LogP contribution in [0.4, 0.5) is 5.69 Å². The Bertz CT molecular complexity index is 1080. The van der Waals surface area contributed by atoms with Crippen molar-refractivity contribution in [3.63, 3.8) is 0 Å². The van der Waals surface area contributed by atoms with Crippen LogP contribution in [0.25, 0.3) is 0 Å². The lowest BCUT2D eigenvalue weighted by atomic mass is 9.89. The number of piperidine rings is 1. The van der Waals surface area contributed by atoms with Crippen LogP contribution in [0.15, 0.2) is 42.5 Å². The number of benzene rings is 2. The van der Waals surface area contributed by atoms with Gasteiger partial charge in [0.25, 0.3) is 0 Å². The van der Waals surface area contributed by atoms with E-state index < -0.39 is 0 Å². The number of hydrogen-bond donors (Lipinski definition) is 1. The highest BCUT2D eigenvalue weighted by Crippen LogP contribution is 2.59. The molecule has 2 heterocycles. The standard InChI is InChI=1S/C26H30ClN3O3/c1-29-16-18-6-4-3-5-17(18)13-22(29)25(32)30-11-9-26(10-12-30)15-20(26)24(31)28-19-7-8-23(33-2)21(27)14-19/h3-8,14,20,22H,9-13,15-16H2,1-2H3,(H,28,31)/t20-,22-/m0/s1. The average molecular weight is 468 g/mol. The number of fused-ring (bicyclic) bond motifs is 1. The van der Waals surface area contributed by atoms with Gasteiger partial charge >= 0.3 is 0 Å². The van der Waals surface area contributed by atoms with Gasteiger partial charge in [-0.15, -0.1) is 0 Å². The van der Waals surface area contributed by atoms with E-state index in [2.05, 4.69) is 34.5 Å². The largest absolute Gasteiger partial charge is 0.495 e. The third kappa shape index (κ3) is 4.22. The molecule has 2 atom stereocenters. The Kier molecular flexibility index (Phi) is 5.83. The fourth-order valence-corrected chi connectivity index (χ4v) is 5.82. The quantitative estimate of drug-likeness (QED) is 0.739. The molecule has 0 bridgehead atoms. The van der Waals surface area contributed by atoms with Crippen LogP contribution < -0.4 is 10.1 Å². The fourth-order valence-electron chi connectivity index (χ4n) is 5.56. The number of likely N-dealkylation sites (N-methyl/N-ethyl adjacent to an activating group) is 1. The maximum atomic E-state index is 13.3. The Morgan fingerprint density at radius 3 is 2.55 bits per heavy atom. The summed E-state index contributed by atoms with van der Waals surface area (Å²) >= 11 is 6.18. The second kappa shape index (κ2) is 8.65. The van der Waals surface area contributed by atoms with E-state index in [0.29, 0.717) is 16.5 Å².